The first-order valence-corrected chi connectivity index (χ1v) is 6.22. The van der Waals surface area contributed by atoms with E-state index in [9.17, 15) is 0 Å². The van der Waals surface area contributed by atoms with Crippen LogP contribution in [0.4, 0.5) is 0 Å². The van der Waals surface area contributed by atoms with Crippen molar-refractivity contribution in [3.8, 4) is 0 Å². The summed E-state index contributed by atoms with van der Waals surface area (Å²) in [6.45, 7) is 13.4. The summed E-state index contributed by atoms with van der Waals surface area (Å²) in [4.78, 5) is 1.68. The highest BCUT2D eigenvalue weighted by molar-refractivity contribution is 4.36. The van der Waals surface area contributed by atoms with Crippen molar-refractivity contribution in [1.29, 1.82) is 0 Å². The van der Waals surface area contributed by atoms with Crippen molar-refractivity contribution in [2.45, 2.75) is 33.6 Å². The van der Waals surface area contributed by atoms with Crippen LogP contribution in [-0.2, 0) is 0 Å². The average molecular weight is 202 g/mol. The maximum Gasteiger partial charge on any atom is 0.128 e. The molecule has 0 rings (SSSR count). The molecule has 0 radical (unpaired) electrons. The lowest BCUT2D eigenvalue weighted by Crippen LogP contribution is -3.09. The van der Waals surface area contributed by atoms with E-state index < -0.39 is 0 Å². The van der Waals surface area contributed by atoms with E-state index in [1.54, 1.807) is 4.90 Å². The van der Waals surface area contributed by atoms with Gasteiger partial charge in [-0.05, 0) is 19.8 Å². The first kappa shape index (κ1) is 13.9. The van der Waals surface area contributed by atoms with E-state index in [4.69, 9.17) is 0 Å². The van der Waals surface area contributed by atoms with Crippen LogP contribution in [0.5, 0.6) is 0 Å². The summed E-state index contributed by atoms with van der Waals surface area (Å²) in [5.41, 5.74) is 0. The Morgan fingerprint density at radius 1 is 0.929 bits per heavy atom. The van der Waals surface area contributed by atoms with Gasteiger partial charge in [-0.2, -0.15) is 0 Å². The summed E-state index contributed by atoms with van der Waals surface area (Å²) in [6.07, 6.45) is 2.60. The Balaban J connectivity index is 3.81. The molecule has 0 spiro atoms. The lowest BCUT2D eigenvalue weighted by atomic mass is 10.3. The molecule has 86 valence electrons. The molecule has 1 N–H and O–H groups in total. The fourth-order valence-corrected chi connectivity index (χ4v) is 1.98. The number of likely N-dealkylation sites (N-methyl/N-ethyl adjacent to an activating group) is 2. The first-order valence-electron chi connectivity index (χ1n) is 6.22. The quantitative estimate of drug-likeness (QED) is 0.555. The Bertz CT molecular complexity index is 136. The molecule has 0 aliphatic carbocycles. The summed E-state index contributed by atoms with van der Waals surface area (Å²) in [6, 6.07) is 0. The molecule has 2 nitrogen and oxygen atoms in total. The smallest absolute Gasteiger partial charge is 0.128 e. The molecule has 2 unspecified atom stereocenters. The van der Waals surface area contributed by atoms with Crippen LogP contribution in [0.1, 0.15) is 33.6 Å². The molecule has 0 aliphatic heterocycles. The van der Waals surface area contributed by atoms with Gasteiger partial charge in [-0.3, -0.25) is 0 Å². The first-order chi connectivity index (χ1) is 6.58. The third-order valence-electron chi connectivity index (χ3n) is 3.28. The fraction of sp³-hybridized carbons (Fsp3) is 1.00. The molecule has 2 heteroatoms. The minimum atomic E-state index is 1.25. The monoisotopic (exact) mass is 202 g/mol. The second kappa shape index (κ2) is 7.24. The highest BCUT2D eigenvalue weighted by Crippen LogP contribution is 2.01. The summed E-state index contributed by atoms with van der Waals surface area (Å²) in [7, 11) is 4.71. The van der Waals surface area contributed by atoms with Gasteiger partial charge in [0.05, 0.1) is 33.7 Å². The molecule has 0 aromatic heterocycles. The van der Waals surface area contributed by atoms with Crippen molar-refractivity contribution in [1.82, 2.24) is 0 Å². The zero-order chi connectivity index (χ0) is 11.0. The maximum absolute atomic E-state index is 2.39. The van der Waals surface area contributed by atoms with Crippen LogP contribution in [0.25, 0.3) is 0 Å². The predicted octanol–water partition coefficient (Wildman–Crippen LogP) is 0.788. The van der Waals surface area contributed by atoms with Crippen LogP contribution >= 0.6 is 0 Å². The molecule has 0 bridgehead atoms. The summed E-state index contributed by atoms with van der Waals surface area (Å²) in [5.74, 6) is 0. The molecular weight excluding hydrogens is 172 g/mol. The third-order valence-corrected chi connectivity index (χ3v) is 3.28. The normalized spacial score (nSPS) is 17.8. The van der Waals surface area contributed by atoms with E-state index in [0.717, 1.165) is 0 Å². The predicted molar refractivity (Wildman–Crippen MR) is 63.7 cm³/mol. The molecular formula is C12H30N2+2. The molecule has 0 aliphatic rings. The van der Waals surface area contributed by atoms with Gasteiger partial charge >= 0.3 is 0 Å². The van der Waals surface area contributed by atoms with Crippen LogP contribution in [-0.4, -0.2) is 51.3 Å². The van der Waals surface area contributed by atoms with E-state index in [0.29, 0.717) is 0 Å². The zero-order valence-corrected chi connectivity index (χ0v) is 10.9. The van der Waals surface area contributed by atoms with Gasteiger partial charge in [0.2, 0.25) is 0 Å². The lowest BCUT2D eigenvalue weighted by Gasteiger charge is -2.33. The van der Waals surface area contributed by atoms with Gasteiger partial charge in [0.1, 0.15) is 13.1 Å². The zero-order valence-electron chi connectivity index (χ0n) is 10.9. The second-order valence-corrected chi connectivity index (χ2v) is 4.84. The molecule has 0 fully saturated rings. The van der Waals surface area contributed by atoms with Gasteiger partial charge in [-0.15, -0.1) is 0 Å². The summed E-state index contributed by atoms with van der Waals surface area (Å²) < 4.78 is 1.25. The Labute approximate surface area is 90.5 Å². The van der Waals surface area contributed by atoms with Crippen molar-refractivity contribution in [3.05, 3.63) is 0 Å². The largest absolute Gasteiger partial charge is 0.333 e. The summed E-state index contributed by atoms with van der Waals surface area (Å²) >= 11 is 0. The Morgan fingerprint density at radius 2 is 1.57 bits per heavy atom. The number of hydrogen-bond donors (Lipinski definition) is 1. The minimum absolute atomic E-state index is 1.25. The van der Waals surface area contributed by atoms with Crippen molar-refractivity contribution in [2.24, 2.45) is 0 Å². The molecule has 2 atom stereocenters. The van der Waals surface area contributed by atoms with E-state index in [-0.39, 0.29) is 0 Å². The number of quaternary nitrogens is 2. The molecule has 0 aromatic rings. The molecule has 0 saturated carbocycles. The minimum Gasteiger partial charge on any atom is -0.333 e. The number of nitrogens with zero attached hydrogens (tertiary/aromatic N) is 1. The second-order valence-electron chi connectivity index (χ2n) is 4.84. The van der Waals surface area contributed by atoms with Crippen LogP contribution in [0, 0.1) is 0 Å². The van der Waals surface area contributed by atoms with Gasteiger partial charge in [0.25, 0.3) is 0 Å². The van der Waals surface area contributed by atoms with E-state index in [1.807, 2.05) is 0 Å². The topological polar surface area (TPSA) is 4.44 Å². The van der Waals surface area contributed by atoms with E-state index >= 15 is 0 Å². The van der Waals surface area contributed by atoms with E-state index in [1.165, 1.54) is 50.0 Å². The molecule has 0 heterocycles. The van der Waals surface area contributed by atoms with Crippen LogP contribution < -0.4 is 4.90 Å². The number of rotatable bonds is 8. The standard InChI is InChI=1S/C12H29N2/c1-6-9-13(4)10-12-14(5,8-3)11-7-2/h6-12H2,1-5H3/q+1/p+1. The van der Waals surface area contributed by atoms with Gasteiger partial charge in [-0.25, -0.2) is 0 Å². The van der Waals surface area contributed by atoms with E-state index in [2.05, 4.69) is 34.9 Å². The highest BCUT2D eigenvalue weighted by atomic mass is 15.3. The molecule has 0 amide bonds. The molecule has 14 heavy (non-hydrogen) atoms. The average Bonchev–Trinajstić information content (AvgIpc) is 2.16. The third kappa shape index (κ3) is 5.61. The lowest BCUT2D eigenvalue weighted by molar-refractivity contribution is -0.952. The van der Waals surface area contributed by atoms with Crippen molar-refractivity contribution < 1.29 is 9.38 Å². The number of hydrogen-bond acceptors (Lipinski definition) is 0. The van der Waals surface area contributed by atoms with Crippen molar-refractivity contribution in [3.63, 3.8) is 0 Å². The Morgan fingerprint density at radius 3 is 2.00 bits per heavy atom. The Hall–Kier alpha value is -0.0800. The Kier molecular flexibility index (Phi) is 7.20. The van der Waals surface area contributed by atoms with Crippen molar-refractivity contribution >= 4 is 0 Å². The number of nitrogens with one attached hydrogen (secondary N) is 1. The van der Waals surface area contributed by atoms with Gasteiger partial charge in [0.15, 0.2) is 0 Å². The highest BCUT2D eigenvalue weighted by Gasteiger charge is 2.19. The fourth-order valence-electron chi connectivity index (χ4n) is 1.98. The van der Waals surface area contributed by atoms with Gasteiger partial charge in [0, 0.05) is 0 Å². The maximum atomic E-state index is 2.39. The molecule has 0 saturated heterocycles. The summed E-state index contributed by atoms with van der Waals surface area (Å²) in [5, 5.41) is 0. The van der Waals surface area contributed by atoms with Crippen LogP contribution in [0.15, 0.2) is 0 Å². The van der Waals surface area contributed by atoms with Crippen LogP contribution in [0.2, 0.25) is 0 Å². The van der Waals surface area contributed by atoms with Gasteiger partial charge in [-0.1, -0.05) is 13.8 Å². The van der Waals surface area contributed by atoms with Crippen LogP contribution in [0.3, 0.4) is 0 Å². The van der Waals surface area contributed by atoms with Crippen molar-refractivity contribution in [2.75, 3.05) is 46.8 Å². The SMILES string of the molecule is CCC[NH+](C)CC[N+](C)(CC)CCC. The van der Waals surface area contributed by atoms with Gasteiger partial charge < -0.3 is 9.38 Å². The molecule has 0 aromatic carbocycles.